The number of allylic oxidation sites excluding steroid dienone is 1. The van der Waals surface area contributed by atoms with Gasteiger partial charge >= 0.3 is 0 Å². The quantitative estimate of drug-likeness (QED) is 0.174. The first-order valence-corrected chi connectivity index (χ1v) is 21.5. The third-order valence-electron chi connectivity index (χ3n) is 13.3. The van der Waals surface area contributed by atoms with Crippen LogP contribution in [0.15, 0.2) is 161 Å². The van der Waals surface area contributed by atoms with Crippen molar-refractivity contribution in [3.05, 3.63) is 197 Å². The van der Waals surface area contributed by atoms with Crippen molar-refractivity contribution in [2.75, 3.05) is 4.90 Å². The number of hydrogen-bond donors (Lipinski definition) is 0. The first-order chi connectivity index (χ1) is 29.4. The molecule has 2 heterocycles. The summed E-state index contributed by atoms with van der Waals surface area (Å²) >= 11 is 0. The fourth-order valence-corrected chi connectivity index (χ4v) is 10.5. The van der Waals surface area contributed by atoms with Gasteiger partial charge in [-0.3, -0.25) is 0 Å². The fourth-order valence-electron chi connectivity index (χ4n) is 10.5. The first kappa shape index (κ1) is 37.2. The monoisotopic (exact) mass is 791 g/mol. The Morgan fingerprint density at radius 2 is 1.13 bits per heavy atom. The van der Waals surface area contributed by atoms with Crippen molar-refractivity contribution in [3.8, 4) is 22.3 Å². The lowest BCUT2D eigenvalue weighted by Gasteiger charge is -2.33. The summed E-state index contributed by atoms with van der Waals surface area (Å²) in [5, 5.41) is 3.23. The van der Waals surface area contributed by atoms with Gasteiger partial charge < -0.3 is 13.7 Å². The van der Waals surface area contributed by atoms with Crippen LogP contribution in [-0.4, -0.2) is 0 Å². The molecule has 298 valence electrons. The molecule has 7 aromatic carbocycles. The van der Waals surface area contributed by atoms with E-state index in [-0.39, 0.29) is 10.8 Å². The van der Waals surface area contributed by atoms with Crippen LogP contribution >= 0.6 is 0 Å². The van der Waals surface area contributed by atoms with Crippen molar-refractivity contribution in [2.45, 2.75) is 64.7 Å². The summed E-state index contributed by atoms with van der Waals surface area (Å²) in [4.78, 5) is 2.46. The van der Waals surface area contributed by atoms with Crippen LogP contribution in [0.4, 0.5) is 17.1 Å². The molecule has 0 fully saturated rings. The maximum absolute atomic E-state index is 7.31. The minimum atomic E-state index is -0.648. The van der Waals surface area contributed by atoms with Crippen molar-refractivity contribution >= 4 is 62.1 Å². The lowest BCUT2D eigenvalue weighted by molar-refractivity contribution is 0.590. The number of nitrogens with zero attached hydrogens (tertiary/aromatic N) is 1. The molecule has 2 aliphatic rings. The highest BCUT2D eigenvalue weighted by Gasteiger charge is 2.54. The Kier molecular flexibility index (Phi) is 7.97. The normalized spacial score (nSPS) is 14.0. The lowest BCUT2D eigenvalue weighted by atomic mass is 9.70. The molecule has 2 aliphatic carbocycles. The summed E-state index contributed by atoms with van der Waals surface area (Å²) < 4.78 is 13.9. The molecule has 0 radical (unpaired) electrons. The Morgan fingerprint density at radius 1 is 0.557 bits per heavy atom. The standard InChI is InChI=1S/C58H49NO2/c1-9-17-41-48(10-2)60-50-33-32-45-53(52(41)50)54-46(58(45)43-21-14-11-18-39(43)40-19-12-15-22-44(40)58)34-47(51-42-20-13-16-23-49(42)61-55(51)54)59(37-28-24-35(25-29-37)56(3,4)5)38-30-26-36(27-31-38)57(6,7)8/h9-34H,2H2,1,3-8H3/b17-9-. The van der Waals surface area contributed by atoms with Crippen molar-refractivity contribution < 1.29 is 8.83 Å². The zero-order valence-electron chi connectivity index (χ0n) is 36.0. The average Bonchev–Trinajstić information content (AvgIpc) is 3.99. The summed E-state index contributed by atoms with van der Waals surface area (Å²) in [6.45, 7) is 19.9. The Balaban J connectivity index is 1.35. The van der Waals surface area contributed by atoms with E-state index in [4.69, 9.17) is 8.83 Å². The minimum absolute atomic E-state index is 0.0103. The fraction of sp³-hybridized carbons (Fsp3) is 0.172. The van der Waals surface area contributed by atoms with Crippen LogP contribution in [0.1, 0.15) is 93.2 Å². The van der Waals surface area contributed by atoms with Crippen molar-refractivity contribution in [1.82, 2.24) is 0 Å². The summed E-state index contributed by atoms with van der Waals surface area (Å²) in [7, 11) is 0. The number of anilines is 3. The highest BCUT2D eigenvalue weighted by Crippen LogP contribution is 2.67. The van der Waals surface area contributed by atoms with E-state index in [2.05, 4.69) is 212 Å². The van der Waals surface area contributed by atoms with E-state index >= 15 is 0 Å². The molecule has 0 saturated heterocycles. The van der Waals surface area contributed by atoms with Crippen LogP contribution in [0.5, 0.6) is 0 Å². The molecule has 0 N–H and O–H groups in total. The summed E-state index contributed by atoms with van der Waals surface area (Å²) in [5.41, 5.74) is 18.5. The van der Waals surface area contributed by atoms with Gasteiger partial charge in [0.1, 0.15) is 22.5 Å². The molecule has 0 aliphatic heterocycles. The van der Waals surface area contributed by atoms with Crippen LogP contribution in [0, 0.1) is 0 Å². The van der Waals surface area contributed by atoms with Gasteiger partial charge in [-0.25, -0.2) is 0 Å². The van der Waals surface area contributed by atoms with Gasteiger partial charge in [0.15, 0.2) is 0 Å². The van der Waals surface area contributed by atoms with Crippen LogP contribution in [0.3, 0.4) is 0 Å². The molecular weight excluding hydrogens is 743 g/mol. The van der Waals surface area contributed by atoms with Crippen molar-refractivity contribution in [3.63, 3.8) is 0 Å². The smallest absolute Gasteiger partial charge is 0.145 e. The molecule has 9 aromatic rings. The third kappa shape index (κ3) is 5.16. The second-order valence-electron chi connectivity index (χ2n) is 18.8. The first-order valence-electron chi connectivity index (χ1n) is 21.5. The highest BCUT2D eigenvalue weighted by atomic mass is 16.3. The predicted molar refractivity (Wildman–Crippen MR) is 257 cm³/mol. The molecule has 2 aromatic heterocycles. The predicted octanol–water partition coefficient (Wildman–Crippen LogP) is 16.4. The molecule has 1 spiro atoms. The lowest BCUT2D eigenvalue weighted by Crippen LogP contribution is -2.26. The summed E-state index contributed by atoms with van der Waals surface area (Å²) in [6.07, 6.45) is 6.09. The number of rotatable bonds is 5. The van der Waals surface area contributed by atoms with Gasteiger partial charge in [0.05, 0.1) is 16.5 Å². The summed E-state index contributed by atoms with van der Waals surface area (Å²) in [5.74, 6) is 0.761. The average molecular weight is 792 g/mol. The van der Waals surface area contributed by atoms with Crippen LogP contribution in [0.25, 0.3) is 67.3 Å². The van der Waals surface area contributed by atoms with E-state index in [1.807, 2.05) is 6.08 Å². The van der Waals surface area contributed by atoms with Crippen LogP contribution < -0.4 is 4.90 Å². The number of para-hydroxylation sites is 1. The molecule has 0 amide bonds. The third-order valence-corrected chi connectivity index (χ3v) is 13.3. The summed E-state index contributed by atoms with van der Waals surface area (Å²) in [6, 6.07) is 51.8. The molecule has 3 nitrogen and oxygen atoms in total. The minimum Gasteiger partial charge on any atom is -0.456 e. The van der Waals surface area contributed by atoms with Crippen molar-refractivity contribution in [2.24, 2.45) is 0 Å². The Bertz CT molecular complexity index is 3180. The number of fused-ring (bicyclic) bond motifs is 16. The van der Waals surface area contributed by atoms with E-state index < -0.39 is 5.41 Å². The van der Waals surface area contributed by atoms with Gasteiger partial charge in [0.2, 0.25) is 0 Å². The van der Waals surface area contributed by atoms with E-state index in [0.29, 0.717) is 0 Å². The highest BCUT2D eigenvalue weighted by molar-refractivity contribution is 6.22. The Morgan fingerprint density at radius 3 is 1.70 bits per heavy atom. The Labute approximate surface area is 358 Å². The van der Waals surface area contributed by atoms with Gasteiger partial charge in [-0.05, 0) is 111 Å². The van der Waals surface area contributed by atoms with Gasteiger partial charge in [-0.1, -0.05) is 157 Å². The molecule has 61 heavy (non-hydrogen) atoms. The zero-order valence-corrected chi connectivity index (χ0v) is 36.0. The maximum atomic E-state index is 7.31. The van der Waals surface area contributed by atoms with E-state index in [1.165, 1.54) is 44.5 Å². The topological polar surface area (TPSA) is 29.5 Å². The molecule has 0 saturated carbocycles. The molecule has 0 unspecified atom stereocenters. The second-order valence-corrected chi connectivity index (χ2v) is 18.8. The second kappa shape index (κ2) is 13.1. The van der Waals surface area contributed by atoms with E-state index in [1.54, 1.807) is 0 Å². The number of hydrogen-bond acceptors (Lipinski definition) is 3. The van der Waals surface area contributed by atoms with E-state index in [9.17, 15) is 0 Å². The zero-order chi connectivity index (χ0) is 42.0. The van der Waals surface area contributed by atoms with Gasteiger partial charge in [0.25, 0.3) is 0 Å². The van der Waals surface area contributed by atoms with Crippen LogP contribution in [-0.2, 0) is 16.2 Å². The molecule has 0 atom stereocenters. The van der Waals surface area contributed by atoms with Crippen LogP contribution in [0.2, 0.25) is 0 Å². The SMILES string of the molecule is C=Cc1oc2ccc3c(c2c1/C=C\C)-c1c(cc(N(c2ccc(C(C)(C)C)cc2)c2ccc(C(C)(C)C)cc2)c2c1oc1ccccc12)C31c2ccccc2-c2ccccc21. The maximum Gasteiger partial charge on any atom is 0.145 e. The number of benzene rings is 7. The molecular formula is C58H49NO2. The van der Waals surface area contributed by atoms with Gasteiger partial charge in [-0.15, -0.1) is 0 Å². The van der Waals surface area contributed by atoms with E-state index in [0.717, 1.165) is 72.4 Å². The number of furan rings is 2. The molecule has 0 bridgehead atoms. The van der Waals surface area contributed by atoms with Gasteiger partial charge in [0, 0.05) is 38.8 Å². The van der Waals surface area contributed by atoms with Gasteiger partial charge in [-0.2, -0.15) is 0 Å². The van der Waals surface area contributed by atoms with Crippen molar-refractivity contribution in [1.29, 1.82) is 0 Å². The largest absolute Gasteiger partial charge is 0.456 e. The molecule has 11 rings (SSSR count). The molecule has 3 heteroatoms. The Hall–Kier alpha value is -6.84.